The topological polar surface area (TPSA) is 54.5 Å². The van der Waals surface area contributed by atoms with E-state index in [2.05, 4.69) is 159 Å². The summed E-state index contributed by atoms with van der Waals surface area (Å²) in [5.74, 6) is 0.837. The van der Waals surface area contributed by atoms with Gasteiger partial charge in [-0.25, -0.2) is 4.90 Å². The second kappa shape index (κ2) is 27.8. The SMILES string of the molecule is CCCCCCCC(=O)c1ccc(N2C(=O)c3sc4c(-c5cc6c(-c7ccc(CC(CC)CCCC)s7)c7sc(C(C)(CC)c8ccccc8)cc7c(-c7ccc(CC(CC)CCCC)s7)c6s5)sc(C(C)(CCC)c5ccccc5)c4c3C2=O)cc1. The minimum Gasteiger partial charge on any atom is -0.294 e. The third-order valence-corrected chi connectivity index (χ3v) is 27.0. The van der Waals surface area contributed by atoms with Crippen LogP contribution in [0.1, 0.15) is 232 Å². The molecule has 0 bridgehead atoms. The van der Waals surface area contributed by atoms with Crippen molar-refractivity contribution in [1.82, 2.24) is 0 Å². The third kappa shape index (κ3) is 12.4. The maximum absolute atomic E-state index is 15.4. The fourth-order valence-electron chi connectivity index (χ4n) is 13.6. The van der Waals surface area contributed by atoms with Gasteiger partial charge in [0.25, 0.3) is 11.8 Å². The molecule has 454 valence electrons. The normalized spacial score (nSPS) is 14.8. The van der Waals surface area contributed by atoms with Crippen molar-refractivity contribution in [3.05, 3.63) is 168 Å². The van der Waals surface area contributed by atoms with Gasteiger partial charge in [-0.05, 0) is 116 Å². The molecule has 4 atom stereocenters. The molecule has 7 heterocycles. The van der Waals surface area contributed by atoms with E-state index in [-0.39, 0.29) is 23.0 Å². The number of ketones is 1. The van der Waals surface area contributed by atoms with Crippen LogP contribution in [0.25, 0.3) is 60.9 Å². The Morgan fingerprint density at radius 3 is 1.62 bits per heavy atom. The molecule has 10 aromatic rings. The first kappa shape index (κ1) is 63.2. The van der Waals surface area contributed by atoms with Gasteiger partial charge in [0, 0.05) is 93.6 Å². The molecule has 1 aliphatic heterocycles. The summed E-state index contributed by atoms with van der Waals surface area (Å²) in [6.45, 7) is 21.0. The van der Waals surface area contributed by atoms with Crippen LogP contribution >= 0.6 is 68.0 Å². The van der Waals surface area contributed by atoms with Crippen molar-refractivity contribution in [3.63, 3.8) is 0 Å². The number of amides is 2. The standard InChI is InChI=1S/C77H87NO3S6/c1-10-17-20-21-28-35-59(79)51-36-38-54(39-37-51)78-74(80)67-66-71(86-72(67)75(78)81)70(87-73(66)77(9,44-13-4)53-33-26-23-27-34-53)62-47-57-64(60-42-40-55(82-60)45-49(14-5)29-18-11-2)69-58(48-63(85-69)76(8,16-7)52-31-24-22-25-32-52)65(68(57)84-62)61-43-41-56(83-61)46-50(15-6)30-19-12-3/h22-27,31-34,36-43,47-50H,10-21,28-30,35,44-46H2,1-9H3. The van der Waals surface area contributed by atoms with E-state index in [1.807, 2.05) is 56.7 Å². The Hall–Kier alpha value is -5.33. The van der Waals surface area contributed by atoms with Crippen LogP contribution in [0.15, 0.2) is 121 Å². The van der Waals surface area contributed by atoms with E-state index in [1.165, 1.54) is 146 Å². The number of benzene rings is 4. The Bertz CT molecular complexity index is 3900. The first-order chi connectivity index (χ1) is 42.3. The summed E-state index contributed by atoms with van der Waals surface area (Å²) in [5.41, 5.74) is 6.19. The van der Waals surface area contributed by atoms with E-state index < -0.39 is 5.41 Å². The number of thiophene rings is 6. The quantitative estimate of drug-likeness (QED) is 0.0256. The number of fused-ring (bicyclic) bond motifs is 5. The van der Waals surface area contributed by atoms with E-state index in [0.717, 1.165) is 77.6 Å². The highest BCUT2D eigenvalue weighted by Crippen LogP contribution is 2.59. The number of Topliss-reactive ketones (excluding diaryl/α,β-unsaturated/α-hetero) is 1. The maximum Gasteiger partial charge on any atom is 0.276 e. The minimum atomic E-state index is -0.459. The van der Waals surface area contributed by atoms with Crippen molar-refractivity contribution >= 4 is 122 Å². The van der Waals surface area contributed by atoms with Crippen LogP contribution in [0.3, 0.4) is 0 Å². The zero-order valence-corrected chi connectivity index (χ0v) is 57.7. The van der Waals surface area contributed by atoms with Crippen LogP contribution in [0.2, 0.25) is 0 Å². The second-order valence-corrected chi connectivity index (χ2v) is 31.6. The summed E-state index contributed by atoms with van der Waals surface area (Å²) in [6, 6.07) is 44.0. The summed E-state index contributed by atoms with van der Waals surface area (Å²) in [6.07, 6.45) is 20.7. The highest BCUT2D eigenvalue weighted by Gasteiger charge is 2.45. The Kier molecular flexibility index (Phi) is 20.2. The molecule has 0 fully saturated rings. The number of nitrogens with zero attached hydrogens (tertiary/aromatic N) is 1. The third-order valence-electron chi connectivity index (χ3n) is 19.2. The van der Waals surface area contributed by atoms with Crippen LogP contribution in [0, 0.1) is 11.8 Å². The first-order valence-electron chi connectivity index (χ1n) is 32.8. The fourth-order valence-corrected chi connectivity index (χ4v) is 21.9. The first-order valence-corrected chi connectivity index (χ1v) is 37.7. The molecule has 0 aliphatic carbocycles. The highest BCUT2D eigenvalue weighted by atomic mass is 32.1. The highest BCUT2D eigenvalue weighted by molar-refractivity contribution is 7.32. The van der Waals surface area contributed by atoms with Crippen LogP contribution in [0.5, 0.6) is 0 Å². The lowest BCUT2D eigenvalue weighted by atomic mass is 9.76. The summed E-state index contributed by atoms with van der Waals surface area (Å²) in [4.78, 5) is 56.2. The largest absolute Gasteiger partial charge is 0.294 e. The predicted octanol–water partition coefficient (Wildman–Crippen LogP) is 25.2. The van der Waals surface area contributed by atoms with Gasteiger partial charge in [0.2, 0.25) is 0 Å². The van der Waals surface area contributed by atoms with Gasteiger partial charge in [0.15, 0.2) is 5.78 Å². The smallest absolute Gasteiger partial charge is 0.276 e. The van der Waals surface area contributed by atoms with Gasteiger partial charge in [-0.15, -0.1) is 68.0 Å². The lowest BCUT2D eigenvalue weighted by molar-refractivity contribution is 0.0926. The molecule has 0 radical (unpaired) electrons. The summed E-state index contributed by atoms with van der Waals surface area (Å²) < 4.78 is 3.67. The van der Waals surface area contributed by atoms with Crippen LogP contribution in [-0.4, -0.2) is 17.6 Å². The van der Waals surface area contributed by atoms with Crippen LogP contribution in [0.4, 0.5) is 5.69 Å². The lowest BCUT2D eigenvalue weighted by Gasteiger charge is -2.30. The van der Waals surface area contributed by atoms with Gasteiger partial charge in [-0.1, -0.05) is 206 Å². The van der Waals surface area contributed by atoms with Gasteiger partial charge >= 0.3 is 0 Å². The molecule has 2 amide bonds. The van der Waals surface area contributed by atoms with Gasteiger partial charge in [-0.3, -0.25) is 14.4 Å². The number of carbonyl (C=O) groups excluding carboxylic acids is 3. The average Bonchev–Trinajstić information content (AvgIpc) is 1.64. The molecule has 4 nitrogen and oxygen atoms in total. The number of hydrogen-bond acceptors (Lipinski definition) is 9. The van der Waals surface area contributed by atoms with Crippen molar-refractivity contribution in [3.8, 4) is 30.6 Å². The molecule has 4 aromatic carbocycles. The van der Waals surface area contributed by atoms with E-state index >= 15 is 9.59 Å². The Morgan fingerprint density at radius 1 is 0.494 bits per heavy atom. The molecule has 0 saturated carbocycles. The van der Waals surface area contributed by atoms with E-state index in [1.54, 1.807) is 24.3 Å². The maximum atomic E-state index is 15.4. The number of imide groups is 1. The van der Waals surface area contributed by atoms with E-state index in [4.69, 9.17) is 0 Å². The van der Waals surface area contributed by atoms with Gasteiger partial charge in [-0.2, -0.15) is 0 Å². The predicted molar refractivity (Wildman–Crippen MR) is 383 cm³/mol. The molecule has 11 rings (SSSR count). The number of unbranched alkanes of at least 4 members (excludes halogenated alkanes) is 6. The average molecular weight is 1270 g/mol. The monoisotopic (exact) mass is 1270 g/mol. The number of hydrogen-bond donors (Lipinski definition) is 0. The fraction of sp³-hybridized carbons (Fsp3) is 0.416. The van der Waals surface area contributed by atoms with E-state index in [9.17, 15) is 4.79 Å². The zero-order valence-electron chi connectivity index (χ0n) is 52.8. The Labute approximate surface area is 542 Å². The van der Waals surface area contributed by atoms with Gasteiger partial charge in [0.05, 0.1) is 20.8 Å². The summed E-state index contributed by atoms with van der Waals surface area (Å²) in [5, 5.41) is 3.53. The van der Waals surface area contributed by atoms with Gasteiger partial charge < -0.3 is 0 Å². The molecule has 10 heteroatoms. The molecule has 6 aromatic heterocycles. The molecule has 1 aliphatic rings. The van der Waals surface area contributed by atoms with Crippen molar-refractivity contribution < 1.29 is 14.4 Å². The molecule has 4 unspecified atom stereocenters. The number of carbonyl (C=O) groups is 3. The lowest BCUT2D eigenvalue weighted by Crippen LogP contribution is -2.29. The molecular weight excluding hydrogens is 1180 g/mol. The summed E-state index contributed by atoms with van der Waals surface area (Å²) in [7, 11) is 0. The summed E-state index contributed by atoms with van der Waals surface area (Å²) >= 11 is 11.2. The Morgan fingerprint density at radius 2 is 1.06 bits per heavy atom. The van der Waals surface area contributed by atoms with Crippen LogP contribution < -0.4 is 4.90 Å². The zero-order chi connectivity index (χ0) is 61.0. The van der Waals surface area contributed by atoms with E-state index in [0.29, 0.717) is 39.9 Å². The molecule has 0 spiro atoms. The van der Waals surface area contributed by atoms with Crippen molar-refractivity contribution in [2.45, 2.75) is 195 Å². The molecule has 87 heavy (non-hydrogen) atoms. The minimum absolute atomic E-state index is 0.100. The van der Waals surface area contributed by atoms with Crippen LogP contribution in [-0.2, 0) is 23.7 Å². The molecular formula is C77H87NO3S6. The van der Waals surface area contributed by atoms with Crippen molar-refractivity contribution in [2.75, 3.05) is 4.90 Å². The number of anilines is 1. The number of rotatable bonds is 30. The van der Waals surface area contributed by atoms with Gasteiger partial charge in [0.1, 0.15) is 4.88 Å². The van der Waals surface area contributed by atoms with Crippen molar-refractivity contribution in [1.29, 1.82) is 0 Å². The Balaban J connectivity index is 1.13. The second-order valence-electron chi connectivity index (χ2n) is 25.1. The van der Waals surface area contributed by atoms with Crippen molar-refractivity contribution in [2.24, 2.45) is 11.8 Å². The molecule has 0 saturated heterocycles. The molecule has 0 N–H and O–H groups in total.